The smallest absolute Gasteiger partial charge is 0.265 e. The third-order valence-corrected chi connectivity index (χ3v) is 5.29. The van der Waals surface area contributed by atoms with Gasteiger partial charge in [0.05, 0.1) is 23.3 Å². The van der Waals surface area contributed by atoms with Crippen LogP contribution in [0.25, 0.3) is 0 Å². The van der Waals surface area contributed by atoms with Gasteiger partial charge >= 0.3 is 0 Å². The van der Waals surface area contributed by atoms with Gasteiger partial charge < -0.3 is 0 Å². The summed E-state index contributed by atoms with van der Waals surface area (Å²) in [6.07, 6.45) is 1.36. The molecule has 0 atom stereocenters. The van der Waals surface area contributed by atoms with Gasteiger partial charge in [0.1, 0.15) is 4.90 Å². The molecule has 0 fully saturated rings. The molecule has 0 amide bonds. The molecule has 134 valence electrons. The average molecular weight is 369 g/mol. The first kappa shape index (κ1) is 17.8. The number of benzene rings is 2. The van der Waals surface area contributed by atoms with Crippen LogP contribution in [0.15, 0.2) is 75.9 Å². The molecule has 3 rings (SSSR count). The Morgan fingerprint density at radius 3 is 2.19 bits per heavy atom. The predicted octanol–water partition coefficient (Wildman–Crippen LogP) is 4.43. The molecular formula is C18H19N5O2S. The Labute approximate surface area is 152 Å². The molecule has 1 aromatic heterocycles. The third-order valence-electron chi connectivity index (χ3n) is 3.80. The number of nitrogens with zero attached hydrogens (tertiary/aromatic N) is 4. The van der Waals surface area contributed by atoms with E-state index in [0.717, 1.165) is 5.69 Å². The van der Waals surface area contributed by atoms with Gasteiger partial charge in [-0.3, -0.25) is 9.40 Å². The van der Waals surface area contributed by atoms with Gasteiger partial charge in [0, 0.05) is 12.2 Å². The first-order valence-electron chi connectivity index (χ1n) is 8.11. The lowest BCUT2D eigenvalue weighted by molar-refractivity contribution is 0.598. The standard InChI is InChI=1S/C18H19N5O2S/c1-3-23-14(2)18(13-19-23)26(24,25)22-17-11-9-16(10-12-17)21-20-15-7-5-4-6-8-15/h4-13,22H,3H2,1-2H3. The molecule has 0 aliphatic heterocycles. The zero-order valence-electron chi connectivity index (χ0n) is 14.5. The summed E-state index contributed by atoms with van der Waals surface area (Å²) in [5.41, 5.74) is 2.44. The van der Waals surface area contributed by atoms with Crippen molar-refractivity contribution in [3.63, 3.8) is 0 Å². The van der Waals surface area contributed by atoms with Crippen LogP contribution in [0.2, 0.25) is 0 Å². The molecule has 0 saturated heterocycles. The lowest BCUT2D eigenvalue weighted by atomic mass is 10.3. The Hall–Kier alpha value is -3.00. The monoisotopic (exact) mass is 369 g/mol. The number of rotatable bonds is 6. The van der Waals surface area contributed by atoms with Crippen LogP contribution < -0.4 is 4.72 Å². The Morgan fingerprint density at radius 2 is 1.62 bits per heavy atom. The summed E-state index contributed by atoms with van der Waals surface area (Å²) in [6, 6.07) is 16.1. The highest BCUT2D eigenvalue weighted by molar-refractivity contribution is 7.92. The largest absolute Gasteiger partial charge is 0.280 e. The van der Waals surface area contributed by atoms with Gasteiger partial charge in [-0.1, -0.05) is 18.2 Å². The molecule has 3 aromatic rings. The highest BCUT2D eigenvalue weighted by Gasteiger charge is 2.20. The van der Waals surface area contributed by atoms with Crippen LogP contribution in [0.4, 0.5) is 17.1 Å². The lowest BCUT2D eigenvalue weighted by Gasteiger charge is -2.08. The number of sulfonamides is 1. The fraction of sp³-hybridized carbons (Fsp3) is 0.167. The minimum Gasteiger partial charge on any atom is -0.280 e. The quantitative estimate of drug-likeness (QED) is 0.652. The third kappa shape index (κ3) is 3.97. The zero-order valence-corrected chi connectivity index (χ0v) is 15.3. The molecule has 0 saturated carbocycles. The molecule has 0 bridgehead atoms. The van der Waals surface area contributed by atoms with E-state index in [1.54, 1.807) is 35.9 Å². The first-order valence-corrected chi connectivity index (χ1v) is 9.60. The molecule has 0 radical (unpaired) electrons. The van der Waals surface area contributed by atoms with E-state index < -0.39 is 10.0 Å². The van der Waals surface area contributed by atoms with Crippen molar-refractivity contribution < 1.29 is 8.42 Å². The molecule has 2 aromatic carbocycles. The average Bonchev–Trinajstić information content (AvgIpc) is 3.03. The van der Waals surface area contributed by atoms with Crippen molar-refractivity contribution >= 4 is 27.1 Å². The van der Waals surface area contributed by atoms with Crippen LogP contribution in [0.5, 0.6) is 0 Å². The zero-order chi connectivity index (χ0) is 18.6. The molecule has 26 heavy (non-hydrogen) atoms. The van der Waals surface area contributed by atoms with Crippen molar-refractivity contribution in [3.05, 3.63) is 66.5 Å². The number of aryl methyl sites for hydroxylation is 1. The van der Waals surface area contributed by atoms with Crippen molar-refractivity contribution in [2.75, 3.05) is 4.72 Å². The number of aromatic nitrogens is 2. The topological polar surface area (TPSA) is 88.7 Å². The van der Waals surface area contributed by atoms with E-state index >= 15 is 0 Å². The van der Waals surface area contributed by atoms with Crippen molar-refractivity contribution in [2.24, 2.45) is 10.2 Å². The van der Waals surface area contributed by atoms with Crippen LogP contribution in [-0.2, 0) is 16.6 Å². The Balaban J connectivity index is 1.74. The van der Waals surface area contributed by atoms with Gasteiger partial charge in [-0.15, -0.1) is 0 Å². The van der Waals surface area contributed by atoms with E-state index in [4.69, 9.17) is 0 Å². The van der Waals surface area contributed by atoms with Crippen molar-refractivity contribution in [3.8, 4) is 0 Å². The lowest BCUT2D eigenvalue weighted by Crippen LogP contribution is -2.14. The van der Waals surface area contributed by atoms with Gasteiger partial charge in [0.2, 0.25) is 0 Å². The molecule has 1 N–H and O–H groups in total. The van der Waals surface area contributed by atoms with E-state index in [9.17, 15) is 8.42 Å². The molecule has 0 aliphatic rings. The number of hydrogen-bond donors (Lipinski definition) is 1. The van der Waals surface area contributed by atoms with Gasteiger partial charge in [0.15, 0.2) is 0 Å². The van der Waals surface area contributed by atoms with E-state index in [-0.39, 0.29) is 4.90 Å². The highest BCUT2D eigenvalue weighted by Crippen LogP contribution is 2.23. The summed E-state index contributed by atoms with van der Waals surface area (Å²) in [5, 5.41) is 12.3. The molecule has 0 unspecified atom stereocenters. The molecule has 8 heteroatoms. The maximum atomic E-state index is 12.5. The van der Waals surface area contributed by atoms with Gasteiger partial charge in [-0.25, -0.2) is 8.42 Å². The number of anilines is 1. The fourth-order valence-corrected chi connectivity index (χ4v) is 3.66. The summed E-state index contributed by atoms with van der Waals surface area (Å²) in [4.78, 5) is 0.173. The summed E-state index contributed by atoms with van der Waals surface area (Å²) in [7, 11) is -3.69. The molecular weight excluding hydrogens is 350 g/mol. The van der Waals surface area contributed by atoms with Crippen LogP contribution in [0.1, 0.15) is 12.6 Å². The van der Waals surface area contributed by atoms with Gasteiger partial charge in [-0.2, -0.15) is 15.3 Å². The molecule has 1 heterocycles. The molecule has 0 spiro atoms. The number of nitrogens with one attached hydrogen (secondary N) is 1. The maximum Gasteiger partial charge on any atom is 0.265 e. The van der Waals surface area contributed by atoms with Crippen molar-refractivity contribution in [1.29, 1.82) is 0 Å². The highest BCUT2D eigenvalue weighted by atomic mass is 32.2. The summed E-state index contributed by atoms with van der Waals surface area (Å²) in [6.45, 7) is 4.26. The second-order valence-corrected chi connectivity index (χ2v) is 7.25. The SMILES string of the molecule is CCn1ncc(S(=O)(=O)Nc2ccc(N=Nc3ccccc3)cc2)c1C. The Morgan fingerprint density at radius 1 is 1.00 bits per heavy atom. The van der Waals surface area contributed by atoms with Gasteiger partial charge in [0.25, 0.3) is 10.0 Å². The Bertz CT molecular complexity index is 1010. The number of hydrogen-bond acceptors (Lipinski definition) is 5. The van der Waals surface area contributed by atoms with Crippen LogP contribution >= 0.6 is 0 Å². The minimum absolute atomic E-state index is 0.173. The van der Waals surface area contributed by atoms with Gasteiger partial charge in [-0.05, 0) is 50.2 Å². The van der Waals surface area contributed by atoms with Crippen LogP contribution in [0.3, 0.4) is 0 Å². The predicted molar refractivity (Wildman–Crippen MR) is 101 cm³/mol. The van der Waals surface area contributed by atoms with Crippen molar-refractivity contribution in [1.82, 2.24) is 9.78 Å². The summed E-state index contributed by atoms with van der Waals surface area (Å²) >= 11 is 0. The molecule has 0 aliphatic carbocycles. The summed E-state index contributed by atoms with van der Waals surface area (Å²) < 4.78 is 29.3. The second kappa shape index (κ2) is 7.49. The van der Waals surface area contributed by atoms with E-state index in [1.807, 2.05) is 37.3 Å². The molecule has 7 nitrogen and oxygen atoms in total. The summed E-state index contributed by atoms with van der Waals surface area (Å²) in [5.74, 6) is 0. The van der Waals surface area contributed by atoms with Crippen molar-refractivity contribution in [2.45, 2.75) is 25.3 Å². The van der Waals surface area contributed by atoms with E-state index in [0.29, 0.717) is 23.6 Å². The first-order chi connectivity index (χ1) is 12.5. The minimum atomic E-state index is -3.69. The normalized spacial score (nSPS) is 11.8. The fourth-order valence-electron chi connectivity index (χ4n) is 2.43. The number of azo groups is 1. The van der Waals surface area contributed by atoms with Crippen LogP contribution in [0, 0.1) is 6.92 Å². The van der Waals surface area contributed by atoms with Crippen LogP contribution in [-0.4, -0.2) is 18.2 Å². The maximum absolute atomic E-state index is 12.5. The second-order valence-electron chi connectivity index (χ2n) is 5.60. The van der Waals surface area contributed by atoms with E-state index in [1.165, 1.54) is 6.20 Å². The van der Waals surface area contributed by atoms with E-state index in [2.05, 4.69) is 20.0 Å². The Kier molecular flexibility index (Phi) is 5.13.